The van der Waals surface area contributed by atoms with Crippen molar-refractivity contribution in [3.05, 3.63) is 36.0 Å². The Morgan fingerprint density at radius 2 is 2.06 bits per heavy atom. The molecule has 0 aliphatic heterocycles. The Bertz CT molecular complexity index is 515. The molecule has 0 saturated heterocycles. The van der Waals surface area contributed by atoms with Gasteiger partial charge < -0.3 is 10.3 Å². The predicted octanol–water partition coefficient (Wildman–Crippen LogP) is 3.49. The van der Waals surface area contributed by atoms with Crippen molar-refractivity contribution in [3.8, 4) is 0 Å². The standard InChI is InChI=1S/C16H22N2/c1-17-15-8-4-2-6-12(15)10-13-11-18-16-9-5-3-7-14(13)16/h3,5,7,9,11-12,15,17-18H,2,4,6,8,10H2,1H3. The van der Waals surface area contributed by atoms with Crippen molar-refractivity contribution >= 4 is 10.9 Å². The lowest BCUT2D eigenvalue weighted by Crippen LogP contribution is -2.37. The van der Waals surface area contributed by atoms with Crippen molar-refractivity contribution in [2.75, 3.05) is 7.05 Å². The molecule has 0 bridgehead atoms. The van der Waals surface area contributed by atoms with E-state index >= 15 is 0 Å². The summed E-state index contributed by atoms with van der Waals surface area (Å²) in [4.78, 5) is 3.39. The fraction of sp³-hybridized carbons (Fsp3) is 0.500. The molecular formula is C16H22N2. The van der Waals surface area contributed by atoms with Crippen molar-refractivity contribution in [1.82, 2.24) is 10.3 Å². The van der Waals surface area contributed by atoms with Crippen LogP contribution in [0.5, 0.6) is 0 Å². The minimum atomic E-state index is 0.701. The van der Waals surface area contributed by atoms with Crippen molar-refractivity contribution in [1.29, 1.82) is 0 Å². The second-order valence-electron chi connectivity index (χ2n) is 5.50. The third-order valence-electron chi connectivity index (χ3n) is 4.44. The van der Waals surface area contributed by atoms with E-state index in [1.54, 1.807) is 0 Å². The smallest absolute Gasteiger partial charge is 0.0456 e. The first-order valence-electron chi connectivity index (χ1n) is 7.11. The van der Waals surface area contributed by atoms with E-state index in [-0.39, 0.29) is 0 Å². The Morgan fingerprint density at radius 1 is 1.22 bits per heavy atom. The van der Waals surface area contributed by atoms with Gasteiger partial charge >= 0.3 is 0 Å². The normalized spacial score (nSPS) is 24.5. The summed E-state index contributed by atoms with van der Waals surface area (Å²) in [5.74, 6) is 0.794. The molecule has 2 unspecified atom stereocenters. The molecule has 2 atom stereocenters. The highest BCUT2D eigenvalue weighted by molar-refractivity contribution is 5.83. The summed E-state index contributed by atoms with van der Waals surface area (Å²) >= 11 is 0. The second-order valence-corrected chi connectivity index (χ2v) is 5.50. The summed E-state index contributed by atoms with van der Waals surface area (Å²) in [7, 11) is 2.11. The third-order valence-corrected chi connectivity index (χ3v) is 4.44. The lowest BCUT2D eigenvalue weighted by Gasteiger charge is -2.31. The number of fused-ring (bicyclic) bond motifs is 1. The molecular weight excluding hydrogens is 220 g/mol. The SMILES string of the molecule is CNC1CCCCC1Cc1c[nH]c2ccccc12. The molecule has 1 aliphatic carbocycles. The number of H-pyrrole nitrogens is 1. The number of nitrogens with one attached hydrogen (secondary N) is 2. The van der Waals surface area contributed by atoms with Crippen molar-refractivity contribution in [3.63, 3.8) is 0 Å². The van der Waals surface area contributed by atoms with Crippen LogP contribution in [0.2, 0.25) is 0 Å². The number of para-hydroxylation sites is 1. The zero-order valence-electron chi connectivity index (χ0n) is 11.1. The lowest BCUT2D eigenvalue weighted by atomic mass is 9.81. The van der Waals surface area contributed by atoms with E-state index in [0.717, 1.165) is 5.92 Å². The number of aromatic amines is 1. The van der Waals surface area contributed by atoms with E-state index in [4.69, 9.17) is 0 Å². The predicted molar refractivity (Wildman–Crippen MR) is 76.8 cm³/mol. The highest BCUT2D eigenvalue weighted by atomic mass is 14.9. The van der Waals surface area contributed by atoms with E-state index in [1.807, 2.05) is 0 Å². The van der Waals surface area contributed by atoms with Gasteiger partial charge in [0, 0.05) is 23.1 Å². The fourth-order valence-electron chi connectivity index (χ4n) is 3.41. The molecule has 0 radical (unpaired) electrons. The second kappa shape index (κ2) is 5.15. The average molecular weight is 242 g/mol. The molecule has 1 aliphatic rings. The topological polar surface area (TPSA) is 27.8 Å². The van der Waals surface area contributed by atoms with E-state index in [9.17, 15) is 0 Å². The first kappa shape index (κ1) is 11.8. The zero-order chi connectivity index (χ0) is 12.4. The van der Waals surface area contributed by atoms with E-state index in [2.05, 4.69) is 47.8 Å². The Labute approximate surface area is 109 Å². The Morgan fingerprint density at radius 3 is 2.94 bits per heavy atom. The van der Waals surface area contributed by atoms with Crippen LogP contribution in [0.15, 0.2) is 30.5 Å². The summed E-state index contributed by atoms with van der Waals surface area (Å²) in [6.45, 7) is 0. The number of hydrogen-bond acceptors (Lipinski definition) is 1. The molecule has 1 saturated carbocycles. The van der Waals surface area contributed by atoms with Crippen LogP contribution in [0.3, 0.4) is 0 Å². The number of aromatic nitrogens is 1. The fourth-order valence-corrected chi connectivity index (χ4v) is 3.41. The van der Waals surface area contributed by atoms with Crippen LogP contribution in [-0.2, 0) is 6.42 Å². The van der Waals surface area contributed by atoms with Gasteiger partial charge in [0.1, 0.15) is 0 Å². The van der Waals surface area contributed by atoms with Gasteiger partial charge in [-0.3, -0.25) is 0 Å². The number of rotatable bonds is 3. The van der Waals surface area contributed by atoms with Gasteiger partial charge in [-0.1, -0.05) is 31.0 Å². The van der Waals surface area contributed by atoms with Crippen LogP contribution >= 0.6 is 0 Å². The van der Waals surface area contributed by atoms with E-state index in [0.29, 0.717) is 6.04 Å². The van der Waals surface area contributed by atoms with Gasteiger partial charge in [-0.2, -0.15) is 0 Å². The molecule has 1 heterocycles. The molecule has 18 heavy (non-hydrogen) atoms. The molecule has 2 nitrogen and oxygen atoms in total. The quantitative estimate of drug-likeness (QED) is 0.847. The maximum absolute atomic E-state index is 3.50. The molecule has 1 fully saturated rings. The van der Waals surface area contributed by atoms with Crippen molar-refractivity contribution in [2.45, 2.75) is 38.1 Å². The summed E-state index contributed by atoms with van der Waals surface area (Å²) in [6.07, 6.45) is 8.89. The maximum Gasteiger partial charge on any atom is 0.0456 e. The summed E-state index contributed by atoms with van der Waals surface area (Å²) in [6, 6.07) is 9.33. The van der Waals surface area contributed by atoms with Gasteiger partial charge in [-0.25, -0.2) is 0 Å². The lowest BCUT2D eigenvalue weighted by molar-refractivity contribution is 0.273. The van der Waals surface area contributed by atoms with Crippen LogP contribution in [-0.4, -0.2) is 18.1 Å². The van der Waals surface area contributed by atoms with Gasteiger partial charge in [-0.05, 0) is 43.9 Å². The molecule has 2 N–H and O–H groups in total. The molecule has 1 aromatic carbocycles. The van der Waals surface area contributed by atoms with Gasteiger partial charge in [0.25, 0.3) is 0 Å². The monoisotopic (exact) mass is 242 g/mol. The molecule has 96 valence electrons. The first-order chi connectivity index (χ1) is 8.88. The summed E-state index contributed by atoms with van der Waals surface area (Å²) < 4.78 is 0. The van der Waals surface area contributed by atoms with E-state index < -0.39 is 0 Å². The molecule has 2 heteroatoms. The minimum Gasteiger partial charge on any atom is -0.361 e. The number of hydrogen-bond donors (Lipinski definition) is 2. The summed E-state index contributed by atoms with van der Waals surface area (Å²) in [5.41, 5.74) is 2.75. The molecule has 0 spiro atoms. The van der Waals surface area contributed by atoms with Crippen LogP contribution in [0, 0.1) is 5.92 Å². The van der Waals surface area contributed by atoms with Crippen LogP contribution in [0.25, 0.3) is 10.9 Å². The Balaban J connectivity index is 1.82. The van der Waals surface area contributed by atoms with Crippen LogP contribution in [0.1, 0.15) is 31.2 Å². The minimum absolute atomic E-state index is 0.701. The molecule has 1 aromatic heterocycles. The van der Waals surface area contributed by atoms with E-state index in [1.165, 1.54) is 48.6 Å². The molecule has 0 amide bonds. The highest BCUT2D eigenvalue weighted by Crippen LogP contribution is 2.29. The van der Waals surface area contributed by atoms with Crippen LogP contribution in [0.4, 0.5) is 0 Å². The van der Waals surface area contributed by atoms with Crippen LogP contribution < -0.4 is 5.32 Å². The zero-order valence-corrected chi connectivity index (χ0v) is 11.1. The largest absolute Gasteiger partial charge is 0.361 e. The molecule has 2 aromatic rings. The third kappa shape index (κ3) is 2.17. The van der Waals surface area contributed by atoms with Crippen molar-refractivity contribution in [2.24, 2.45) is 5.92 Å². The Kier molecular flexibility index (Phi) is 3.37. The van der Waals surface area contributed by atoms with Gasteiger partial charge in [0.2, 0.25) is 0 Å². The van der Waals surface area contributed by atoms with Gasteiger partial charge in [0.05, 0.1) is 0 Å². The molecule has 3 rings (SSSR count). The van der Waals surface area contributed by atoms with Gasteiger partial charge in [0.15, 0.2) is 0 Å². The first-order valence-corrected chi connectivity index (χ1v) is 7.11. The highest BCUT2D eigenvalue weighted by Gasteiger charge is 2.24. The maximum atomic E-state index is 3.50. The summed E-state index contributed by atoms with van der Waals surface area (Å²) in [5, 5.41) is 4.91. The van der Waals surface area contributed by atoms with Crippen molar-refractivity contribution < 1.29 is 0 Å². The number of benzene rings is 1. The Hall–Kier alpha value is -1.28. The van der Waals surface area contributed by atoms with Gasteiger partial charge in [-0.15, -0.1) is 0 Å². The average Bonchev–Trinajstić information content (AvgIpc) is 2.83.